The molecule has 0 spiro atoms. The van der Waals surface area contributed by atoms with Gasteiger partial charge in [-0.2, -0.15) is 0 Å². The van der Waals surface area contributed by atoms with Gasteiger partial charge in [-0.3, -0.25) is 14.5 Å². The fraction of sp³-hybridized carbons (Fsp3) is 0.462. The number of nitrogens with zero attached hydrogens (tertiary/aromatic N) is 2. The van der Waals surface area contributed by atoms with Gasteiger partial charge in [0.15, 0.2) is 0 Å². The van der Waals surface area contributed by atoms with Crippen LogP contribution in [0.2, 0.25) is 0 Å². The van der Waals surface area contributed by atoms with Crippen LogP contribution in [0.4, 0.5) is 10.1 Å². The van der Waals surface area contributed by atoms with E-state index in [0.29, 0.717) is 43.2 Å². The lowest BCUT2D eigenvalue weighted by atomic mass is 10.0. The number of methoxy groups -OCH3 is 1. The van der Waals surface area contributed by atoms with Gasteiger partial charge in [0.05, 0.1) is 11.7 Å². The predicted octanol–water partition coefficient (Wildman–Crippen LogP) is 3.79. The molecule has 1 aliphatic rings. The van der Waals surface area contributed by atoms with Crippen molar-refractivity contribution in [3.05, 3.63) is 59.4 Å². The summed E-state index contributed by atoms with van der Waals surface area (Å²) < 4.78 is 25.7. The largest absolute Gasteiger partial charge is 0.491 e. The van der Waals surface area contributed by atoms with Gasteiger partial charge in [0.25, 0.3) is 5.91 Å². The van der Waals surface area contributed by atoms with E-state index in [0.717, 1.165) is 5.56 Å². The number of anilines is 1. The summed E-state index contributed by atoms with van der Waals surface area (Å²) in [6.07, 6.45) is -0.196. The van der Waals surface area contributed by atoms with Gasteiger partial charge in [-0.05, 0) is 48.7 Å². The number of carbonyl (C=O) groups is 2. The molecule has 34 heavy (non-hydrogen) atoms. The first-order chi connectivity index (χ1) is 16.2. The molecule has 2 aromatic rings. The molecule has 0 aliphatic carbocycles. The molecule has 184 valence electrons. The normalized spacial score (nSPS) is 22.2. The van der Waals surface area contributed by atoms with E-state index in [9.17, 15) is 14.0 Å². The summed E-state index contributed by atoms with van der Waals surface area (Å²) in [7, 11) is 3.38. The van der Waals surface area contributed by atoms with Crippen LogP contribution >= 0.6 is 0 Å². The van der Waals surface area contributed by atoms with Crippen LogP contribution < -0.4 is 10.1 Å². The van der Waals surface area contributed by atoms with E-state index in [4.69, 9.17) is 9.47 Å². The second kappa shape index (κ2) is 11.4. The third kappa shape index (κ3) is 6.55. The van der Waals surface area contributed by atoms with E-state index < -0.39 is 0 Å². The maximum atomic E-state index is 13.8. The molecule has 0 fully saturated rings. The number of likely N-dealkylation sites (N-methyl/N-ethyl adjacent to an activating group) is 1. The zero-order valence-corrected chi connectivity index (χ0v) is 20.5. The molecule has 1 N–H and O–H groups in total. The lowest BCUT2D eigenvalue weighted by molar-refractivity contribution is -0.114. The topological polar surface area (TPSA) is 71.1 Å². The van der Waals surface area contributed by atoms with Gasteiger partial charge in [-0.15, -0.1) is 0 Å². The summed E-state index contributed by atoms with van der Waals surface area (Å²) in [5.74, 6) is -0.138. The number of carbonyl (C=O) groups excluding carboxylic acids is 2. The summed E-state index contributed by atoms with van der Waals surface area (Å²) in [4.78, 5) is 28.7. The van der Waals surface area contributed by atoms with Crippen LogP contribution in [-0.2, 0) is 16.1 Å². The molecule has 0 saturated carbocycles. The van der Waals surface area contributed by atoms with E-state index in [1.54, 1.807) is 49.4 Å². The number of benzene rings is 2. The summed E-state index contributed by atoms with van der Waals surface area (Å²) in [5.41, 5.74) is 1.79. The predicted molar refractivity (Wildman–Crippen MR) is 129 cm³/mol. The molecule has 1 heterocycles. The van der Waals surface area contributed by atoms with Crippen molar-refractivity contribution in [2.75, 3.05) is 39.2 Å². The van der Waals surface area contributed by atoms with Gasteiger partial charge in [0.1, 0.15) is 18.2 Å². The average Bonchev–Trinajstić information content (AvgIpc) is 2.79. The van der Waals surface area contributed by atoms with Crippen LogP contribution in [0.5, 0.6) is 5.75 Å². The number of nitrogens with one attached hydrogen (secondary N) is 1. The molecule has 2 amide bonds. The molecule has 0 bridgehead atoms. The minimum Gasteiger partial charge on any atom is -0.491 e. The SMILES string of the molecule is CO[C@@H]1CN(C)C(=O)c2cc(NC(C)=O)ccc2OC[C@H](C)N(Cc2cccc(F)c2)C[C@@H]1C. The summed E-state index contributed by atoms with van der Waals surface area (Å²) >= 11 is 0. The van der Waals surface area contributed by atoms with E-state index in [-0.39, 0.29) is 35.7 Å². The average molecular weight is 472 g/mol. The molecule has 0 radical (unpaired) electrons. The number of hydrogen-bond acceptors (Lipinski definition) is 5. The van der Waals surface area contributed by atoms with Gasteiger partial charge in [0.2, 0.25) is 5.91 Å². The quantitative estimate of drug-likeness (QED) is 0.735. The Morgan fingerprint density at radius 3 is 2.65 bits per heavy atom. The van der Waals surface area contributed by atoms with Gasteiger partial charge in [-0.1, -0.05) is 19.1 Å². The monoisotopic (exact) mass is 471 g/mol. The first-order valence-electron chi connectivity index (χ1n) is 11.5. The zero-order valence-electron chi connectivity index (χ0n) is 20.5. The Morgan fingerprint density at radius 2 is 1.97 bits per heavy atom. The highest BCUT2D eigenvalue weighted by Gasteiger charge is 2.28. The van der Waals surface area contributed by atoms with Crippen molar-refractivity contribution in [2.24, 2.45) is 5.92 Å². The molecule has 8 heteroatoms. The Labute approximate surface area is 200 Å². The Bertz CT molecular complexity index is 1020. The lowest BCUT2D eigenvalue weighted by Gasteiger charge is -2.36. The molecular formula is C26H34FN3O4. The van der Waals surface area contributed by atoms with E-state index in [2.05, 4.69) is 24.1 Å². The van der Waals surface area contributed by atoms with Crippen LogP contribution in [0.1, 0.15) is 36.7 Å². The van der Waals surface area contributed by atoms with Crippen molar-refractivity contribution in [3.63, 3.8) is 0 Å². The Balaban J connectivity index is 1.94. The Hall–Kier alpha value is -2.97. The number of halogens is 1. The molecule has 7 nitrogen and oxygen atoms in total. The number of amides is 2. The highest BCUT2D eigenvalue weighted by atomic mass is 19.1. The maximum Gasteiger partial charge on any atom is 0.257 e. The summed E-state index contributed by atoms with van der Waals surface area (Å²) in [6, 6.07) is 11.7. The van der Waals surface area contributed by atoms with Crippen molar-refractivity contribution in [3.8, 4) is 5.75 Å². The second-order valence-electron chi connectivity index (χ2n) is 9.05. The van der Waals surface area contributed by atoms with Crippen LogP contribution in [0.15, 0.2) is 42.5 Å². The van der Waals surface area contributed by atoms with E-state index in [1.807, 2.05) is 6.07 Å². The van der Waals surface area contributed by atoms with Crippen molar-refractivity contribution < 1.29 is 23.5 Å². The molecule has 1 aliphatic heterocycles. The van der Waals surface area contributed by atoms with Crippen LogP contribution in [0.25, 0.3) is 0 Å². The number of fused-ring (bicyclic) bond motifs is 1. The third-order valence-electron chi connectivity index (χ3n) is 6.17. The minimum absolute atomic E-state index is 0.0154. The summed E-state index contributed by atoms with van der Waals surface area (Å²) in [5, 5.41) is 2.72. The molecule has 0 unspecified atom stereocenters. The summed E-state index contributed by atoms with van der Waals surface area (Å²) in [6.45, 7) is 7.54. The van der Waals surface area contributed by atoms with E-state index >= 15 is 0 Å². The molecule has 2 aromatic carbocycles. The highest BCUT2D eigenvalue weighted by molar-refractivity contribution is 5.99. The molecule has 3 rings (SSSR count). The first-order valence-corrected chi connectivity index (χ1v) is 11.5. The third-order valence-corrected chi connectivity index (χ3v) is 6.17. The highest BCUT2D eigenvalue weighted by Crippen LogP contribution is 2.27. The zero-order chi connectivity index (χ0) is 24.8. The number of ether oxygens (including phenoxy) is 2. The Kier molecular flexibility index (Phi) is 8.63. The van der Waals surface area contributed by atoms with Crippen molar-refractivity contribution in [2.45, 2.75) is 39.5 Å². The van der Waals surface area contributed by atoms with Gasteiger partial charge >= 0.3 is 0 Å². The van der Waals surface area contributed by atoms with Crippen molar-refractivity contribution in [1.82, 2.24) is 9.80 Å². The molecule has 0 saturated heterocycles. The van der Waals surface area contributed by atoms with Crippen LogP contribution in [0, 0.1) is 11.7 Å². The fourth-order valence-electron chi connectivity index (χ4n) is 4.22. The van der Waals surface area contributed by atoms with Gasteiger partial charge < -0.3 is 19.7 Å². The van der Waals surface area contributed by atoms with Gasteiger partial charge in [0, 0.05) is 52.4 Å². The molecular weight excluding hydrogens is 437 g/mol. The molecule has 0 aromatic heterocycles. The molecule has 3 atom stereocenters. The van der Waals surface area contributed by atoms with Crippen molar-refractivity contribution in [1.29, 1.82) is 0 Å². The smallest absolute Gasteiger partial charge is 0.257 e. The van der Waals surface area contributed by atoms with Crippen LogP contribution in [-0.4, -0.2) is 67.6 Å². The maximum absolute atomic E-state index is 13.8. The van der Waals surface area contributed by atoms with E-state index in [1.165, 1.54) is 13.0 Å². The lowest BCUT2D eigenvalue weighted by Crippen LogP contribution is -2.46. The van der Waals surface area contributed by atoms with Crippen molar-refractivity contribution >= 4 is 17.5 Å². The first kappa shape index (κ1) is 25.6. The Morgan fingerprint density at radius 1 is 1.21 bits per heavy atom. The van der Waals surface area contributed by atoms with Crippen LogP contribution in [0.3, 0.4) is 0 Å². The number of rotatable bonds is 4. The van der Waals surface area contributed by atoms with Gasteiger partial charge in [-0.25, -0.2) is 4.39 Å². The standard InChI is InChI=1S/C26H34FN3O4/c1-17-13-30(14-20-7-6-8-21(27)11-20)18(2)16-34-24-10-9-22(28-19(3)31)12-23(24)26(32)29(4)15-25(17)33-5/h6-12,17-18,25H,13-16H2,1-5H3,(H,28,31)/t17-,18-,25+/m0/s1. The fourth-order valence-corrected chi connectivity index (χ4v) is 4.22. The second-order valence-corrected chi connectivity index (χ2v) is 9.05. The number of hydrogen-bond donors (Lipinski definition) is 1. The minimum atomic E-state index is -0.261.